The lowest BCUT2D eigenvalue weighted by Gasteiger charge is -2.29. The van der Waals surface area contributed by atoms with E-state index in [0.29, 0.717) is 11.9 Å². The number of nitrogens with one attached hydrogen (secondary N) is 2. The van der Waals surface area contributed by atoms with Gasteiger partial charge in [-0.25, -0.2) is 22.9 Å². The summed E-state index contributed by atoms with van der Waals surface area (Å²) in [6.07, 6.45) is -6.28. The fourth-order valence-corrected chi connectivity index (χ4v) is 6.03. The van der Waals surface area contributed by atoms with Gasteiger partial charge in [-0.2, -0.15) is 18.2 Å². The number of hydrogen-bond donors (Lipinski definition) is 3. The first-order chi connectivity index (χ1) is 21.5. The Labute approximate surface area is 262 Å². The van der Waals surface area contributed by atoms with Crippen LogP contribution in [0.1, 0.15) is 39.5 Å². The van der Waals surface area contributed by atoms with E-state index in [1.807, 2.05) is 24.3 Å². The molecule has 3 aromatic rings. The maximum Gasteiger partial charge on any atom is 0.573 e. The van der Waals surface area contributed by atoms with Gasteiger partial charge >= 0.3 is 18.5 Å². The van der Waals surface area contributed by atoms with Crippen LogP contribution in [0.4, 0.5) is 38.1 Å². The van der Waals surface area contributed by atoms with Crippen molar-refractivity contribution < 1.29 is 49.4 Å². The van der Waals surface area contributed by atoms with E-state index >= 15 is 0 Å². The van der Waals surface area contributed by atoms with Gasteiger partial charge in [-0.15, -0.1) is 13.2 Å². The number of hydrogen-bond acceptors (Lipinski definition) is 8. The first-order valence-electron chi connectivity index (χ1n) is 14.4. The summed E-state index contributed by atoms with van der Waals surface area (Å²) in [5, 5.41) is 11.6. The van der Waals surface area contributed by atoms with Crippen molar-refractivity contribution in [1.29, 1.82) is 0 Å². The van der Waals surface area contributed by atoms with Crippen LogP contribution < -0.4 is 19.7 Å². The van der Waals surface area contributed by atoms with E-state index in [1.54, 1.807) is 0 Å². The van der Waals surface area contributed by atoms with Gasteiger partial charge in [-0.1, -0.05) is 12.1 Å². The Kier molecular flexibility index (Phi) is 12.4. The van der Waals surface area contributed by atoms with Crippen molar-refractivity contribution in [2.75, 3.05) is 36.4 Å². The Morgan fingerprint density at radius 1 is 0.913 bits per heavy atom. The summed E-state index contributed by atoms with van der Waals surface area (Å²) >= 11 is 0. The summed E-state index contributed by atoms with van der Waals surface area (Å²) < 4.78 is 100. The molecular weight excluding hydrogens is 644 g/mol. The van der Waals surface area contributed by atoms with E-state index in [1.165, 1.54) is 0 Å². The van der Waals surface area contributed by atoms with Crippen LogP contribution in [-0.2, 0) is 14.8 Å². The lowest BCUT2D eigenvalue weighted by atomic mass is 9.82. The number of anilines is 2. The quantitative estimate of drug-likeness (QED) is 0.203. The summed E-state index contributed by atoms with van der Waals surface area (Å²) in [6, 6.07) is 12.2. The zero-order chi connectivity index (χ0) is 34.1. The Bertz CT molecular complexity index is 1540. The molecule has 0 spiro atoms. The van der Waals surface area contributed by atoms with Crippen LogP contribution in [0.5, 0.6) is 5.75 Å². The minimum atomic E-state index is -5.08. The Hall–Kier alpha value is -3.86. The molecule has 0 atom stereocenters. The third-order valence-corrected chi connectivity index (χ3v) is 8.77. The number of nitrogens with zero attached hydrogens (tertiary/aromatic N) is 3. The summed E-state index contributed by atoms with van der Waals surface area (Å²) in [5.74, 6) is -1.08. The fourth-order valence-electron chi connectivity index (χ4n) is 4.91. The van der Waals surface area contributed by atoms with Gasteiger partial charge in [0.1, 0.15) is 11.6 Å². The Morgan fingerprint density at radius 3 is 1.98 bits per heavy atom. The molecule has 0 bridgehead atoms. The number of benzene rings is 2. The summed E-state index contributed by atoms with van der Waals surface area (Å²) in [5.41, 5.74) is 0.899. The molecule has 0 saturated heterocycles. The summed E-state index contributed by atoms with van der Waals surface area (Å²) in [4.78, 5) is 20.5. The second-order valence-corrected chi connectivity index (χ2v) is 12.3. The van der Waals surface area contributed by atoms with E-state index < -0.39 is 34.3 Å². The zero-order valence-corrected chi connectivity index (χ0v) is 25.8. The van der Waals surface area contributed by atoms with Crippen molar-refractivity contribution in [3.8, 4) is 5.75 Å². The second-order valence-electron chi connectivity index (χ2n) is 10.5. The number of carbonyl (C=O) groups is 1. The lowest BCUT2D eigenvalue weighted by molar-refractivity contribution is -0.274. The van der Waals surface area contributed by atoms with Gasteiger partial charge in [0.25, 0.3) is 0 Å². The number of halogens is 6. The van der Waals surface area contributed by atoms with Crippen LogP contribution in [0.15, 0.2) is 53.4 Å². The number of aliphatic carboxylic acids is 1. The van der Waals surface area contributed by atoms with Crippen LogP contribution in [0.25, 0.3) is 10.9 Å². The van der Waals surface area contributed by atoms with Crippen molar-refractivity contribution in [3.63, 3.8) is 0 Å². The van der Waals surface area contributed by atoms with E-state index in [2.05, 4.69) is 33.5 Å². The molecule has 1 aliphatic rings. The molecule has 46 heavy (non-hydrogen) atoms. The van der Waals surface area contributed by atoms with Gasteiger partial charge in [-0.3, -0.25) is 0 Å². The highest BCUT2D eigenvalue weighted by Crippen LogP contribution is 2.30. The van der Waals surface area contributed by atoms with Crippen molar-refractivity contribution in [2.24, 2.45) is 11.8 Å². The Balaban J connectivity index is 0.000000738. The highest BCUT2D eigenvalue weighted by molar-refractivity contribution is 7.89. The third-order valence-electron chi connectivity index (χ3n) is 7.33. The number of para-hydroxylation sites is 1. The molecule has 0 radical (unpaired) electrons. The number of rotatable bonds is 11. The number of fused-ring (bicyclic) bond motifs is 1. The molecule has 10 nitrogen and oxygen atoms in total. The molecule has 0 aliphatic heterocycles. The molecule has 1 aromatic heterocycles. The predicted molar refractivity (Wildman–Crippen MR) is 159 cm³/mol. The minimum Gasteiger partial charge on any atom is -0.475 e. The summed E-state index contributed by atoms with van der Waals surface area (Å²) in [7, 11) is -3.83. The highest BCUT2D eigenvalue weighted by Gasteiger charge is 2.38. The van der Waals surface area contributed by atoms with Gasteiger partial charge in [0.15, 0.2) is 0 Å². The van der Waals surface area contributed by atoms with Crippen LogP contribution in [0.3, 0.4) is 0 Å². The van der Waals surface area contributed by atoms with Crippen LogP contribution in [0, 0.1) is 11.8 Å². The van der Waals surface area contributed by atoms with Gasteiger partial charge in [0, 0.05) is 31.6 Å². The van der Waals surface area contributed by atoms with Crippen molar-refractivity contribution in [2.45, 2.75) is 57.0 Å². The number of sulfonamides is 1. The topological polar surface area (TPSA) is 134 Å². The third kappa shape index (κ3) is 10.9. The number of carboxylic acid groups (broad SMARTS) is 1. The fraction of sp³-hybridized carbons (Fsp3) is 0.483. The van der Waals surface area contributed by atoms with Crippen LogP contribution in [0.2, 0.25) is 0 Å². The first-order valence-corrected chi connectivity index (χ1v) is 15.9. The normalized spacial score (nSPS) is 17.1. The molecule has 17 heteroatoms. The SMILES string of the molecule is CCN(CC)c1nc(NCC2CCC(CNS(=O)(=O)c3ccc(OC(F)(F)F)cc3)CC2)nc2ccccc12.O=C(O)C(F)(F)F. The smallest absolute Gasteiger partial charge is 0.475 e. The van der Waals surface area contributed by atoms with Gasteiger partial charge in [0.2, 0.25) is 16.0 Å². The molecule has 1 fully saturated rings. The number of alkyl halides is 6. The molecule has 4 rings (SSSR count). The molecule has 1 heterocycles. The van der Waals surface area contributed by atoms with E-state index in [0.717, 1.165) is 86.3 Å². The predicted octanol–water partition coefficient (Wildman–Crippen LogP) is 6.20. The zero-order valence-electron chi connectivity index (χ0n) is 25.0. The van der Waals surface area contributed by atoms with Crippen molar-refractivity contribution in [1.82, 2.24) is 14.7 Å². The molecule has 254 valence electrons. The lowest BCUT2D eigenvalue weighted by Crippen LogP contribution is -2.32. The first kappa shape index (κ1) is 36.6. The average molecular weight is 680 g/mol. The van der Waals surface area contributed by atoms with Gasteiger partial charge in [-0.05, 0) is 87.8 Å². The molecule has 3 N–H and O–H groups in total. The molecule has 1 aliphatic carbocycles. The van der Waals surface area contributed by atoms with E-state index in [-0.39, 0.29) is 17.4 Å². The monoisotopic (exact) mass is 679 g/mol. The molecule has 0 amide bonds. The standard InChI is InChI=1S/C27H34F3N5O3S.C2HF3O2/c1-3-35(4-2)25-23-7-5-6-8-24(23)33-26(34-25)31-17-19-9-11-20(12-10-19)18-32-39(36,37)22-15-13-21(14-16-22)38-27(28,29)30;3-2(4,5)1(6)7/h5-8,13-16,19-20,32H,3-4,9-12,17-18H2,1-2H3,(H,31,33,34);(H,6,7). The molecular formula is C29H35F6N5O5S. The number of aromatic nitrogens is 2. The maximum atomic E-state index is 12.6. The molecule has 0 unspecified atom stereocenters. The van der Waals surface area contributed by atoms with Gasteiger partial charge < -0.3 is 20.1 Å². The molecule has 1 saturated carbocycles. The summed E-state index contributed by atoms with van der Waals surface area (Å²) in [6.45, 7) is 6.93. The van der Waals surface area contributed by atoms with Crippen molar-refractivity contribution in [3.05, 3.63) is 48.5 Å². The van der Waals surface area contributed by atoms with Crippen molar-refractivity contribution >= 4 is 38.7 Å². The van der Waals surface area contributed by atoms with E-state index in [4.69, 9.17) is 19.9 Å². The largest absolute Gasteiger partial charge is 0.573 e. The number of ether oxygens (including phenoxy) is 1. The highest BCUT2D eigenvalue weighted by atomic mass is 32.2. The van der Waals surface area contributed by atoms with E-state index in [9.17, 15) is 34.8 Å². The van der Waals surface area contributed by atoms with Crippen LogP contribution >= 0.6 is 0 Å². The maximum absolute atomic E-state index is 12.6. The second kappa shape index (κ2) is 15.6. The average Bonchev–Trinajstić information content (AvgIpc) is 2.99. The Morgan fingerprint density at radius 2 is 1.46 bits per heavy atom. The minimum absolute atomic E-state index is 0.102. The van der Waals surface area contributed by atoms with Gasteiger partial charge in [0.05, 0.1) is 10.4 Å². The molecule has 2 aromatic carbocycles. The van der Waals surface area contributed by atoms with Crippen LogP contribution in [-0.4, -0.2) is 68.2 Å². The number of carboxylic acids is 1.